The van der Waals surface area contributed by atoms with Crippen LogP contribution in [0.4, 0.5) is 11.6 Å². The first-order chi connectivity index (χ1) is 10.1. The van der Waals surface area contributed by atoms with Gasteiger partial charge in [0.05, 0.1) is 18.8 Å². The van der Waals surface area contributed by atoms with Crippen LogP contribution in [0, 0.1) is 6.92 Å². The SMILES string of the molecule is Cc1c(N)nc(C(C)C)nc1N1CCOC2CCCCC21. The molecule has 0 spiro atoms. The average Bonchev–Trinajstić information content (AvgIpc) is 2.49. The second-order valence-corrected chi connectivity index (χ2v) is 6.52. The van der Waals surface area contributed by atoms with Gasteiger partial charge in [0.25, 0.3) is 0 Å². The van der Waals surface area contributed by atoms with E-state index in [0.29, 0.717) is 18.0 Å². The van der Waals surface area contributed by atoms with Crippen molar-refractivity contribution in [1.29, 1.82) is 0 Å². The number of nitrogen functional groups attached to an aromatic ring is 1. The summed E-state index contributed by atoms with van der Waals surface area (Å²) in [7, 11) is 0. The molecule has 3 rings (SSSR count). The summed E-state index contributed by atoms with van der Waals surface area (Å²) < 4.78 is 5.97. The Morgan fingerprint density at radius 3 is 2.76 bits per heavy atom. The van der Waals surface area contributed by atoms with Gasteiger partial charge in [0.2, 0.25) is 0 Å². The minimum atomic E-state index is 0.287. The number of nitrogens with two attached hydrogens (primary N) is 1. The molecule has 0 radical (unpaired) electrons. The molecule has 1 aromatic heterocycles. The zero-order valence-corrected chi connectivity index (χ0v) is 13.3. The largest absolute Gasteiger partial charge is 0.383 e. The molecule has 1 aliphatic heterocycles. The minimum Gasteiger partial charge on any atom is -0.383 e. The lowest BCUT2D eigenvalue weighted by Crippen LogP contribution is -2.53. The van der Waals surface area contributed by atoms with Gasteiger partial charge in [0.15, 0.2) is 0 Å². The first kappa shape index (κ1) is 14.6. The van der Waals surface area contributed by atoms with Crippen LogP contribution in [-0.4, -0.2) is 35.3 Å². The van der Waals surface area contributed by atoms with Gasteiger partial charge in [0, 0.05) is 18.0 Å². The smallest absolute Gasteiger partial charge is 0.137 e. The third kappa shape index (κ3) is 2.71. The molecule has 116 valence electrons. The fourth-order valence-electron chi connectivity index (χ4n) is 3.44. The Morgan fingerprint density at radius 2 is 2.00 bits per heavy atom. The molecule has 2 aliphatic rings. The highest BCUT2D eigenvalue weighted by molar-refractivity contribution is 5.57. The quantitative estimate of drug-likeness (QED) is 0.907. The molecule has 2 N–H and O–H groups in total. The van der Waals surface area contributed by atoms with Crippen LogP contribution < -0.4 is 10.6 Å². The van der Waals surface area contributed by atoms with Crippen molar-refractivity contribution < 1.29 is 4.74 Å². The third-order valence-corrected chi connectivity index (χ3v) is 4.70. The summed E-state index contributed by atoms with van der Waals surface area (Å²) in [5, 5.41) is 0. The van der Waals surface area contributed by atoms with Crippen LogP contribution >= 0.6 is 0 Å². The molecule has 0 bridgehead atoms. The monoisotopic (exact) mass is 290 g/mol. The lowest BCUT2D eigenvalue weighted by Gasteiger charge is -2.45. The highest BCUT2D eigenvalue weighted by Crippen LogP contribution is 2.34. The van der Waals surface area contributed by atoms with Crippen LogP contribution in [0.2, 0.25) is 0 Å². The van der Waals surface area contributed by atoms with Gasteiger partial charge in [-0.25, -0.2) is 9.97 Å². The van der Waals surface area contributed by atoms with E-state index < -0.39 is 0 Å². The van der Waals surface area contributed by atoms with E-state index in [4.69, 9.17) is 15.5 Å². The number of aromatic nitrogens is 2. The van der Waals surface area contributed by atoms with Crippen LogP contribution in [0.3, 0.4) is 0 Å². The van der Waals surface area contributed by atoms with Gasteiger partial charge in [-0.3, -0.25) is 0 Å². The lowest BCUT2D eigenvalue weighted by molar-refractivity contribution is -0.00905. The van der Waals surface area contributed by atoms with E-state index in [2.05, 4.69) is 23.7 Å². The summed E-state index contributed by atoms with van der Waals surface area (Å²) in [5.74, 6) is 2.76. The molecule has 0 amide bonds. The Morgan fingerprint density at radius 1 is 1.24 bits per heavy atom. The highest BCUT2D eigenvalue weighted by atomic mass is 16.5. The van der Waals surface area contributed by atoms with Gasteiger partial charge in [-0.1, -0.05) is 26.7 Å². The van der Waals surface area contributed by atoms with Gasteiger partial charge in [-0.2, -0.15) is 0 Å². The Balaban J connectivity index is 1.98. The number of hydrogen-bond donors (Lipinski definition) is 1. The van der Waals surface area contributed by atoms with Crippen LogP contribution in [-0.2, 0) is 4.74 Å². The Bertz CT molecular complexity index is 515. The van der Waals surface area contributed by atoms with E-state index in [-0.39, 0.29) is 5.92 Å². The van der Waals surface area contributed by atoms with E-state index in [1.165, 1.54) is 19.3 Å². The topological polar surface area (TPSA) is 64.3 Å². The van der Waals surface area contributed by atoms with Gasteiger partial charge in [-0.05, 0) is 19.8 Å². The van der Waals surface area contributed by atoms with E-state index in [1.807, 2.05) is 6.92 Å². The van der Waals surface area contributed by atoms with Crippen LogP contribution in [0.25, 0.3) is 0 Å². The summed E-state index contributed by atoms with van der Waals surface area (Å²) in [5.41, 5.74) is 7.13. The van der Waals surface area contributed by atoms with Crippen LogP contribution in [0.5, 0.6) is 0 Å². The number of morpholine rings is 1. The molecule has 5 heteroatoms. The molecule has 1 saturated carbocycles. The first-order valence-electron chi connectivity index (χ1n) is 8.10. The van der Waals surface area contributed by atoms with E-state index in [1.54, 1.807) is 0 Å². The normalized spacial score (nSPS) is 26.0. The predicted molar refractivity (Wildman–Crippen MR) is 84.6 cm³/mol. The van der Waals surface area contributed by atoms with Crippen LogP contribution in [0.1, 0.15) is 56.8 Å². The maximum Gasteiger partial charge on any atom is 0.137 e. The summed E-state index contributed by atoms with van der Waals surface area (Å²) >= 11 is 0. The van der Waals surface area contributed by atoms with E-state index >= 15 is 0 Å². The number of rotatable bonds is 2. The van der Waals surface area contributed by atoms with Gasteiger partial charge < -0.3 is 15.4 Å². The first-order valence-corrected chi connectivity index (χ1v) is 8.10. The molecule has 2 heterocycles. The summed E-state index contributed by atoms with van der Waals surface area (Å²) in [4.78, 5) is 11.7. The fraction of sp³-hybridized carbons (Fsp3) is 0.750. The number of anilines is 2. The van der Waals surface area contributed by atoms with Crippen molar-refractivity contribution in [3.05, 3.63) is 11.4 Å². The molecular weight excluding hydrogens is 264 g/mol. The molecule has 2 fully saturated rings. The molecule has 0 aromatic carbocycles. The summed E-state index contributed by atoms with van der Waals surface area (Å²) in [6, 6.07) is 0.445. The molecule has 2 atom stereocenters. The van der Waals surface area contributed by atoms with Crippen molar-refractivity contribution in [2.24, 2.45) is 0 Å². The molecule has 2 unspecified atom stereocenters. The molecule has 1 saturated heterocycles. The maximum absolute atomic E-state index is 6.12. The second kappa shape index (κ2) is 5.79. The summed E-state index contributed by atoms with van der Waals surface area (Å²) in [6.07, 6.45) is 5.25. The third-order valence-electron chi connectivity index (χ3n) is 4.70. The molecular formula is C16H26N4O. The van der Waals surface area contributed by atoms with Crippen molar-refractivity contribution in [1.82, 2.24) is 9.97 Å². The predicted octanol–water partition coefficient (Wildman–Crippen LogP) is 2.64. The fourth-order valence-corrected chi connectivity index (χ4v) is 3.44. The maximum atomic E-state index is 6.12. The van der Waals surface area contributed by atoms with Gasteiger partial charge in [0.1, 0.15) is 17.5 Å². The van der Waals surface area contributed by atoms with Crippen LogP contribution in [0.15, 0.2) is 0 Å². The molecule has 5 nitrogen and oxygen atoms in total. The average molecular weight is 290 g/mol. The number of ether oxygens (including phenoxy) is 1. The Labute approximate surface area is 126 Å². The standard InChI is InChI=1S/C16H26N4O/c1-10(2)15-18-14(17)11(3)16(19-15)20-8-9-21-13-7-5-4-6-12(13)20/h10,12-13H,4-9H2,1-3H3,(H2,17,18,19). The van der Waals surface area contributed by atoms with Crippen molar-refractivity contribution >= 4 is 11.6 Å². The molecule has 1 aromatic rings. The van der Waals surface area contributed by atoms with Crippen molar-refractivity contribution in [3.63, 3.8) is 0 Å². The van der Waals surface area contributed by atoms with Gasteiger partial charge >= 0.3 is 0 Å². The van der Waals surface area contributed by atoms with Crippen molar-refractivity contribution in [2.45, 2.75) is 64.5 Å². The molecule has 21 heavy (non-hydrogen) atoms. The highest BCUT2D eigenvalue weighted by Gasteiger charge is 2.36. The minimum absolute atomic E-state index is 0.287. The zero-order valence-electron chi connectivity index (χ0n) is 13.3. The summed E-state index contributed by atoms with van der Waals surface area (Å²) in [6.45, 7) is 7.92. The second-order valence-electron chi connectivity index (χ2n) is 6.52. The zero-order chi connectivity index (χ0) is 15.0. The lowest BCUT2D eigenvalue weighted by atomic mass is 9.90. The molecule has 1 aliphatic carbocycles. The van der Waals surface area contributed by atoms with E-state index in [0.717, 1.165) is 36.8 Å². The number of fused-ring (bicyclic) bond motifs is 1. The van der Waals surface area contributed by atoms with Crippen molar-refractivity contribution in [3.8, 4) is 0 Å². The number of hydrogen-bond acceptors (Lipinski definition) is 5. The Kier molecular flexibility index (Phi) is 4.02. The number of nitrogens with zero attached hydrogens (tertiary/aromatic N) is 3. The van der Waals surface area contributed by atoms with E-state index in [9.17, 15) is 0 Å². The Hall–Kier alpha value is -1.36. The van der Waals surface area contributed by atoms with Crippen molar-refractivity contribution in [2.75, 3.05) is 23.8 Å². The van der Waals surface area contributed by atoms with Gasteiger partial charge in [-0.15, -0.1) is 0 Å².